The van der Waals surface area contributed by atoms with Crippen molar-refractivity contribution in [3.8, 4) is 28.7 Å². The Balaban J connectivity index is 1.30. The standard InChI is InChI=1S/C30H34O11/c1-13-5-24(40-23-11-35-14(2)39-28(13)23)41-29-17-9-20-19(37-12-38-20)8-16(17)25(26-18(29)10-36-30(26)32)15-6-21(33-3)27(31)22(7-15)34-4/h6-9,13-14,18,23-26,28-29,31H,5,10-12H2,1-4H3. The molecule has 2 aromatic rings. The molecule has 0 amide bonds. The van der Waals surface area contributed by atoms with E-state index >= 15 is 0 Å². The van der Waals surface area contributed by atoms with Crippen molar-refractivity contribution in [2.45, 2.75) is 57.1 Å². The fraction of sp³-hybridized carbons (Fsp3) is 0.567. The van der Waals surface area contributed by atoms with Gasteiger partial charge in [-0.15, -0.1) is 0 Å². The van der Waals surface area contributed by atoms with Crippen molar-refractivity contribution in [3.05, 3.63) is 41.0 Å². The Labute approximate surface area is 237 Å². The quantitative estimate of drug-likeness (QED) is 0.531. The monoisotopic (exact) mass is 570 g/mol. The maximum atomic E-state index is 13.4. The predicted molar refractivity (Wildman–Crippen MR) is 140 cm³/mol. The van der Waals surface area contributed by atoms with E-state index in [1.165, 1.54) is 14.2 Å². The van der Waals surface area contributed by atoms with Crippen LogP contribution in [0.4, 0.5) is 0 Å². The normalized spacial score (nSPS) is 35.2. The van der Waals surface area contributed by atoms with Crippen LogP contribution in [0.5, 0.6) is 28.7 Å². The molecule has 0 spiro atoms. The lowest BCUT2D eigenvalue weighted by Crippen LogP contribution is -2.54. The van der Waals surface area contributed by atoms with E-state index < -0.39 is 24.2 Å². The largest absolute Gasteiger partial charge is 0.502 e. The van der Waals surface area contributed by atoms with E-state index in [0.29, 0.717) is 24.5 Å². The highest BCUT2D eigenvalue weighted by Gasteiger charge is 2.54. The van der Waals surface area contributed by atoms with E-state index in [9.17, 15) is 9.90 Å². The highest BCUT2D eigenvalue weighted by atomic mass is 16.7. The van der Waals surface area contributed by atoms with Gasteiger partial charge in [0.25, 0.3) is 0 Å². The van der Waals surface area contributed by atoms with Gasteiger partial charge in [-0.3, -0.25) is 4.79 Å². The average molecular weight is 571 g/mol. The number of ether oxygens (including phenoxy) is 9. The third-order valence-corrected chi connectivity index (χ3v) is 8.94. The van der Waals surface area contributed by atoms with E-state index in [2.05, 4.69) is 6.92 Å². The minimum Gasteiger partial charge on any atom is -0.502 e. The fourth-order valence-electron chi connectivity index (χ4n) is 7.01. The van der Waals surface area contributed by atoms with Crippen LogP contribution >= 0.6 is 0 Å². The fourth-order valence-corrected chi connectivity index (χ4v) is 7.01. The predicted octanol–water partition coefficient (Wildman–Crippen LogP) is 3.64. The number of carbonyl (C=O) groups excluding carboxylic acids is 1. The van der Waals surface area contributed by atoms with Crippen LogP contribution in [0.25, 0.3) is 0 Å². The number of fused-ring (bicyclic) bond motifs is 4. The summed E-state index contributed by atoms with van der Waals surface area (Å²) in [6.07, 6.45) is -0.999. The topological polar surface area (TPSA) is 120 Å². The third-order valence-electron chi connectivity index (χ3n) is 8.94. The lowest BCUT2D eigenvalue weighted by Gasteiger charge is -2.46. The number of carbonyl (C=O) groups is 1. The molecule has 11 nitrogen and oxygen atoms in total. The Morgan fingerprint density at radius 2 is 1.61 bits per heavy atom. The van der Waals surface area contributed by atoms with Crippen molar-refractivity contribution in [2.75, 3.05) is 34.2 Å². The summed E-state index contributed by atoms with van der Waals surface area (Å²) in [6.45, 7) is 4.75. The molecule has 220 valence electrons. The van der Waals surface area contributed by atoms with Crippen molar-refractivity contribution in [1.29, 1.82) is 0 Å². The molecule has 5 aliphatic rings. The first-order chi connectivity index (χ1) is 19.9. The molecule has 3 saturated heterocycles. The SMILES string of the molecule is COc1cc(C2c3cc4c(cc3C(OC3CC(C)C5OC(C)OCC5O3)C3COC(=O)C23)OCO4)cc(OC)c1O. The average Bonchev–Trinajstić information content (AvgIpc) is 3.59. The number of cyclic esters (lactones) is 1. The lowest BCUT2D eigenvalue weighted by atomic mass is 9.66. The van der Waals surface area contributed by atoms with Gasteiger partial charge in [0.1, 0.15) is 6.10 Å². The lowest BCUT2D eigenvalue weighted by molar-refractivity contribution is -0.330. The maximum Gasteiger partial charge on any atom is 0.310 e. The Morgan fingerprint density at radius 3 is 2.32 bits per heavy atom. The molecule has 9 atom stereocenters. The third kappa shape index (κ3) is 4.37. The van der Waals surface area contributed by atoms with Crippen molar-refractivity contribution in [2.24, 2.45) is 17.8 Å². The van der Waals surface area contributed by atoms with E-state index in [0.717, 1.165) is 16.7 Å². The molecule has 3 fully saturated rings. The second-order valence-corrected chi connectivity index (χ2v) is 11.3. The Bertz CT molecular complexity index is 1320. The smallest absolute Gasteiger partial charge is 0.310 e. The highest BCUT2D eigenvalue weighted by molar-refractivity contribution is 5.79. The summed E-state index contributed by atoms with van der Waals surface area (Å²) in [7, 11) is 2.95. The van der Waals surface area contributed by atoms with Crippen LogP contribution in [0.3, 0.4) is 0 Å². The Hall–Kier alpha value is -3.25. The van der Waals surface area contributed by atoms with Gasteiger partial charge in [0.15, 0.2) is 35.6 Å². The molecule has 9 unspecified atom stereocenters. The van der Waals surface area contributed by atoms with Crippen LogP contribution in [0.1, 0.15) is 49.0 Å². The molecule has 0 radical (unpaired) electrons. The number of hydrogen-bond acceptors (Lipinski definition) is 11. The van der Waals surface area contributed by atoms with Crippen LogP contribution in [0.15, 0.2) is 24.3 Å². The first kappa shape index (κ1) is 26.6. The first-order valence-electron chi connectivity index (χ1n) is 14.0. The van der Waals surface area contributed by atoms with Gasteiger partial charge < -0.3 is 47.7 Å². The Morgan fingerprint density at radius 1 is 0.902 bits per heavy atom. The van der Waals surface area contributed by atoms with Crippen LogP contribution in [0.2, 0.25) is 0 Å². The molecule has 1 N–H and O–H groups in total. The number of benzene rings is 2. The number of rotatable bonds is 5. The second-order valence-electron chi connectivity index (χ2n) is 11.3. The van der Waals surface area contributed by atoms with E-state index in [4.69, 9.17) is 42.6 Å². The van der Waals surface area contributed by atoms with Crippen LogP contribution < -0.4 is 18.9 Å². The summed E-state index contributed by atoms with van der Waals surface area (Å²) in [4.78, 5) is 13.4. The molecule has 0 saturated carbocycles. The molecule has 7 rings (SSSR count). The van der Waals surface area contributed by atoms with Gasteiger partial charge in [-0.25, -0.2) is 0 Å². The van der Waals surface area contributed by atoms with Gasteiger partial charge in [-0.2, -0.15) is 0 Å². The van der Waals surface area contributed by atoms with Crippen molar-refractivity contribution in [1.82, 2.24) is 0 Å². The molecule has 0 aromatic heterocycles. The maximum absolute atomic E-state index is 13.4. The number of aromatic hydroxyl groups is 1. The molecule has 4 aliphatic heterocycles. The van der Waals surface area contributed by atoms with Gasteiger partial charge in [-0.1, -0.05) is 6.92 Å². The number of methoxy groups -OCH3 is 2. The zero-order chi connectivity index (χ0) is 28.4. The van der Waals surface area contributed by atoms with Crippen molar-refractivity contribution < 1.29 is 52.5 Å². The zero-order valence-corrected chi connectivity index (χ0v) is 23.4. The van der Waals surface area contributed by atoms with Crippen LogP contribution in [-0.4, -0.2) is 70.1 Å². The number of esters is 1. The zero-order valence-electron chi connectivity index (χ0n) is 23.4. The number of phenolic OH excluding ortho intramolecular Hbond substituents is 1. The van der Waals surface area contributed by atoms with E-state index in [1.54, 1.807) is 12.1 Å². The van der Waals surface area contributed by atoms with E-state index in [-0.39, 0.29) is 67.0 Å². The van der Waals surface area contributed by atoms with E-state index in [1.807, 2.05) is 19.1 Å². The molecule has 4 heterocycles. The van der Waals surface area contributed by atoms with Gasteiger partial charge in [0, 0.05) is 18.3 Å². The summed E-state index contributed by atoms with van der Waals surface area (Å²) < 4.78 is 52.9. The highest BCUT2D eigenvalue weighted by Crippen LogP contribution is 2.57. The summed E-state index contributed by atoms with van der Waals surface area (Å²) >= 11 is 0. The van der Waals surface area contributed by atoms with Crippen molar-refractivity contribution >= 4 is 5.97 Å². The molecular weight excluding hydrogens is 536 g/mol. The van der Waals surface area contributed by atoms with Gasteiger partial charge in [0.05, 0.1) is 45.6 Å². The number of phenols is 1. The summed E-state index contributed by atoms with van der Waals surface area (Å²) in [5.74, 6) is 0.133. The molecule has 41 heavy (non-hydrogen) atoms. The summed E-state index contributed by atoms with van der Waals surface area (Å²) in [5, 5.41) is 10.6. The van der Waals surface area contributed by atoms with Crippen LogP contribution in [0, 0.1) is 17.8 Å². The van der Waals surface area contributed by atoms with Gasteiger partial charge in [-0.05, 0) is 53.8 Å². The molecule has 11 heteroatoms. The minimum absolute atomic E-state index is 0.0703. The van der Waals surface area contributed by atoms with Crippen LogP contribution in [-0.2, 0) is 28.5 Å². The van der Waals surface area contributed by atoms with Gasteiger partial charge >= 0.3 is 5.97 Å². The minimum atomic E-state index is -0.567. The van der Waals surface area contributed by atoms with Crippen molar-refractivity contribution in [3.63, 3.8) is 0 Å². The number of hydrogen-bond donors (Lipinski definition) is 1. The Kier molecular flexibility index (Phi) is 6.65. The summed E-state index contributed by atoms with van der Waals surface area (Å²) in [5.41, 5.74) is 2.45. The second kappa shape index (κ2) is 10.2. The molecule has 0 bridgehead atoms. The van der Waals surface area contributed by atoms with Gasteiger partial charge in [0.2, 0.25) is 12.5 Å². The first-order valence-corrected chi connectivity index (χ1v) is 14.0. The summed E-state index contributed by atoms with van der Waals surface area (Å²) in [6, 6.07) is 7.32. The molecule has 1 aliphatic carbocycles. The molecule has 2 aromatic carbocycles. The molecular formula is C30H34O11.